The van der Waals surface area contributed by atoms with Gasteiger partial charge >= 0.3 is 0 Å². The Morgan fingerprint density at radius 2 is 2.24 bits per heavy atom. The van der Waals surface area contributed by atoms with E-state index in [4.69, 9.17) is 5.73 Å². The highest BCUT2D eigenvalue weighted by molar-refractivity contribution is 9.10. The van der Waals surface area contributed by atoms with Crippen molar-refractivity contribution in [3.8, 4) is 0 Å². The van der Waals surface area contributed by atoms with E-state index in [-0.39, 0.29) is 5.95 Å². The fourth-order valence-electron chi connectivity index (χ4n) is 1.38. The summed E-state index contributed by atoms with van der Waals surface area (Å²) < 4.78 is 1.94. The fraction of sp³-hybridized carbons (Fsp3) is 0.200. The Morgan fingerprint density at radius 3 is 2.88 bits per heavy atom. The maximum atomic E-state index is 5.59. The summed E-state index contributed by atoms with van der Waals surface area (Å²) >= 11 is 8.57. The number of halogens is 2. The second-order valence-corrected chi connectivity index (χ2v) is 6.25. The van der Waals surface area contributed by atoms with Gasteiger partial charge in [0.2, 0.25) is 5.95 Å². The maximum Gasteiger partial charge on any atom is 0.222 e. The number of anilines is 2. The van der Waals surface area contributed by atoms with Crippen molar-refractivity contribution in [3.05, 3.63) is 31.5 Å². The van der Waals surface area contributed by atoms with E-state index >= 15 is 0 Å². The Labute approximate surface area is 120 Å². The minimum atomic E-state index is 0.280. The second-order valence-electron chi connectivity index (χ2n) is 3.49. The predicted molar refractivity (Wildman–Crippen MR) is 78.3 cm³/mol. The molecule has 2 heterocycles. The molecule has 0 radical (unpaired) electrons. The van der Waals surface area contributed by atoms with Crippen molar-refractivity contribution in [2.24, 2.45) is 0 Å². The molecular formula is C10H10Br2N4S. The summed E-state index contributed by atoms with van der Waals surface area (Å²) in [5.41, 5.74) is 5.59. The zero-order valence-corrected chi connectivity index (χ0v) is 13.0. The standard InChI is InChI=1S/C10H10Br2N4S/c1-16(4-7-2-6(11)5-17-7)9-8(12)3-14-10(13)15-9/h2-3,5H,4H2,1H3,(H2,13,14,15). The van der Waals surface area contributed by atoms with E-state index in [9.17, 15) is 0 Å². The topological polar surface area (TPSA) is 55.0 Å². The van der Waals surface area contributed by atoms with Gasteiger partial charge in [-0.25, -0.2) is 4.98 Å². The van der Waals surface area contributed by atoms with Crippen LogP contribution in [-0.4, -0.2) is 17.0 Å². The number of hydrogen-bond donors (Lipinski definition) is 1. The van der Waals surface area contributed by atoms with E-state index < -0.39 is 0 Å². The molecule has 0 amide bonds. The molecule has 0 aliphatic rings. The van der Waals surface area contributed by atoms with Gasteiger partial charge < -0.3 is 10.6 Å². The molecule has 2 N–H and O–H groups in total. The minimum Gasteiger partial charge on any atom is -0.368 e. The normalized spacial score (nSPS) is 10.5. The van der Waals surface area contributed by atoms with E-state index in [1.54, 1.807) is 17.5 Å². The van der Waals surface area contributed by atoms with Crippen molar-refractivity contribution in [1.82, 2.24) is 9.97 Å². The van der Waals surface area contributed by atoms with Crippen molar-refractivity contribution >= 4 is 55.0 Å². The van der Waals surface area contributed by atoms with E-state index in [2.05, 4.69) is 53.3 Å². The Bertz CT molecular complexity index is 529. The Kier molecular flexibility index (Phi) is 4.01. The largest absolute Gasteiger partial charge is 0.368 e. The van der Waals surface area contributed by atoms with Gasteiger partial charge in [0.15, 0.2) is 0 Å². The summed E-state index contributed by atoms with van der Waals surface area (Å²) in [4.78, 5) is 11.4. The average molecular weight is 378 g/mol. The Morgan fingerprint density at radius 1 is 1.47 bits per heavy atom. The van der Waals surface area contributed by atoms with Crippen molar-refractivity contribution in [2.45, 2.75) is 6.54 Å². The third-order valence-corrected chi connectivity index (χ3v) is 4.36. The minimum absolute atomic E-state index is 0.280. The number of nitrogens with two attached hydrogens (primary N) is 1. The third-order valence-electron chi connectivity index (χ3n) is 2.12. The summed E-state index contributed by atoms with van der Waals surface area (Å²) in [5, 5.41) is 2.06. The van der Waals surface area contributed by atoms with Crippen molar-refractivity contribution in [2.75, 3.05) is 17.7 Å². The highest BCUT2D eigenvalue weighted by Crippen LogP contribution is 2.26. The van der Waals surface area contributed by atoms with Crippen LogP contribution in [0.2, 0.25) is 0 Å². The van der Waals surface area contributed by atoms with Crippen LogP contribution in [0.5, 0.6) is 0 Å². The monoisotopic (exact) mass is 376 g/mol. The zero-order chi connectivity index (χ0) is 12.4. The molecule has 0 saturated carbocycles. The number of thiophene rings is 1. The molecule has 2 aromatic rings. The first kappa shape index (κ1) is 12.8. The number of nitrogen functional groups attached to an aromatic ring is 1. The van der Waals surface area contributed by atoms with Crippen molar-refractivity contribution < 1.29 is 0 Å². The van der Waals surface area contributed by atoms with Crippen molar-refractivity contribution in [3.63, 3.8) is 0 Å². The second kappa shape index (κ2) is 5.32. The first-order valence-corrected chi connectivity index (χ1v) is 7.25. The summed E-state index contributed by atoms with van der Waals surface area (Å²) in [6.07, 6.45) is 1.67. The van der Waals surface area contributed by atoms with Crippen LogP contribution in [0.25, 0.3) is 0 Å². The number of aromatic nitrogens is 2. The van der Waals surface area contributed by atoms with Crippen LogP contribution in [-0.2, 0) is 6.54 Å². The smallest absolute Gasteiger partial charge is 0.222 e. The Balaban J connectivity index is 2.19. The molecule has 90 valence electrons. The van der Waals surface area contributed by atoms with Crippen molar-refractivity contribution in [1.29, 1.82) is 0 Å². The first-order valence-electron chi connectivity index (χ1n) is 4.78. The van der Waals surface area contributed by atoms with Gasteiger partial charge in [-0.15, -0.1) is 11.3 Å². The Hall–Kier alpha value is -0.660. The molecule has 0 atom stereocenters. The molecule has 0 aliphatic carbocycles. The molecule has 2 aromatic heterocycles. The molecule has 0 saturated heterocycles. The first-order chi connectivity index (χ1) is 8.06. The molecule has 2 rings (SSSR count). The molecule has 0 aliphatic heterocycles. The molecule has 17 heavy (non-hydrogen) atoms. The third kappa shape index (κ3) is 3.17. The fourth-order valence-corrected chi connectivity index (χ4v) is 3.38. The molecular weight excluding hydrogens is 368 g/mol. The highest BCUT2D eigenvalue weighted by atomic mass is 79.9. The van der Waals surface area contributed by atoms with E-state index in [1.807, 2.05) is 11.9 Å². The quantitative estimate of drug-likeness (QED) is 0.891. The lowest BCUT2D eigenvalue weighted by atomic mass is 10.4. The molecule has 4 nitrogen and oxygen atoms in total. The van der Waals surface area contributed by atoms with Gasteiger partial charge in [-0.05, 0) is 37.9 Å². The number of rotatable bonds is 3. The van der Waals surface area contributed by atoms with Crippen LogP contribution in [0.1, 0.15) is 4.88 Å². The van der Waals surface area contributed by atoms with Crippen LogP contribution in [0, 0.1) is 0 Å². The van der Waals surface area contributed by atoms with Crippen LogP contribution in [0.15, 0.2) is 26.6 Å². The molecule has 0 aromatic carbocycles. The van der Waals surface area contributed by atoms with Gasteiger partial charge in [-0.2, -0.15) is 4.98 Å². The summed E-state index contributed by atoms with van der Waals surface area (Å²) in [6, 6.07) is 2.10. The van der Waals surface area contributed by atoms with Gasteiger partial charge in [0.05, 0.1) is 11.0 Å². The van der Waals surface area contributed by atoms with Gasteiger partial charge in [0.25, 0.3) is 0 Å². The average Bonchev–Trinajstić information content (AvgIpc) is 2.67. The summed E-state index contributed by atoms with van der Waals surface area (Å²) in [5.74, 6) is 1.07. The molecule has 0 unspecified atom stereocenters. The van der Waals surface area contributed by atoms with E-state index in [0.717, 1.165) is 21.3 Å². The van der Waals surface area contributed by atoms with Crippen LogP contribution >= 0.6 is 43.2 Å². The van der Waals surface area contributed by atoms with Crippen LogP contribution in [0.3, 0.4) is 0 Å². The van der Waals surface area contributed by atoms with Gasteiger partial charge in [-0.3, -0.25) is 0 Å². The lowest BCUT2D eigenvalue weighted by molar-refractivity contribution is 0.902. The molecule has 0 spiro atoms. The van der Waals surface area contributed by atoms with Gasteiger partial charge in [-0.1, -0.05) is 0 Å². The zero-order valence-electron chi connectivity index (χ0n) is 9.02. The molecule has 0 fully saturated rings. The lowest BCUT2D eigenvalue weighted by Crippen LogP contribution is -2.18. The van der Waals surface area contributed by atoms with Gasteiger partial charge in [0.1, 0.15) is 5.82 Å². The van der Waals surface area contributed by atoms with Gasteiger partial charge in [0, 0.05) is 28.0 Å². The van der Waals surface area contributed by atoms with E-state index in [0.29, 0.717) is 0 Å². The highest BCUT2D eigenvalue weighted by Gasteiger charge is 2.10. The lowest BCUT2D eigenvalue weighted by Gasteiger charge is -2.18. The molecule has 7 heteroatoms. The maximum absolute atomic E-state index is 5.59. The van der Waals surface area contributed by atoms with E-state index in [1.165, 1.54) is 4.88 Å². The number of hydrogen-bond acceptors (Lipinski definition) is 5. The summed E-state index contributed by atoms with van der Waals surface area (Å²) in [7, 11) is 1.97. The number of nitrogens with zero attached hydrogens (tertiary/aromatic N) is 3. The molecule has 0 bridgehead atoms. The predicted octanol–water partition coefficient (Wildman–Crippen LogP) is 3.28. The van der Waals surface area contributed by atoms with Crippen LogP contribution < -0.4 is 10.6 Å². The van der Waals surface area contributed by atoms with Crippen LogP contribution in [0.4, 0.5) is 11.8 Å². The SMILES string of the molecule is CN(Cc1cc(Br)cs1)c1nc(N)ncc1Br. The summed E-state index contributed by atoms with van der Waals surface area (Å²) in [6.45, 7) is 0.783.